The summed E-state index contributed by atoms with van der Waals surface area (Å²) in [4.78, 5) is 9.71. The molecule has 2 fully saturated rings. The van der Waals surface area contributed by atoms with Crippen molar-refractivity contribution in [1.29, 1.82) is 10.8 Å². The van der Waals surface area contributed by atoms with Crippen molar-refractivity contribution in [2.75, 3.05) is 39.5 Å². The molecule has 3 heterocycles. The minimum atomic E-state index is 0.105. The number of H-pyrrole nitrogens is 1. The highest BCUT2D eigenvalue weighted by molar-refractivity contribution is 5.91. The lowest BCUT2D eigenvalue weighted by Gasteiger charge is -2.26. The SMILES string of the molecule is CC[C@@H]1C[C@@H](OCCN2CCOCC2)C[C@@H]1C(=N)n1c(=N)cnc2[nH]ccc21. The third kappa shape index (κ3) is 3.90. The fourth-order valence-corrected chi connectivity index (χ4v) is 4.54. The Morgan fingerprint density at radius 2 is 2.18 bits per heavy atom. The third-order valence-corrected chi connectivity index (χ3v) is 6.13. The molecule has 0 radical (unpaired) electrons. The number of aromatic amines is 1. The molecule has 152 valence electrons. The van der Waals surface area contributed by atoms with Crippen LogP contribution in [0.3, 0.4) is 0 Å². The van der Waals surface area contributed by atoms with Crippen LogP contribution in [0.15, 0.2) is 18.5 Å². The number of rotatable bonds is 6. The molecule has 8 nitrogen and oxygen atoms in total. The lowest BCUT2D eigenvalue weighted by Crippen LogP contribution is -2.38. The first kappa shape index (κ1) is 19.3. The molecule has 0 aromatic carbocycles. The molecule has 2 aliphatic rings. The second-order valence-electron chi connectivity index (χ2n) is 7.77. The summed E-state index contributed by atoms with van der Waals surface area (Å²) < 4.78 is 13.3. The first-order chi connectivity index (χ1) is 13.7. The molecule has 3 N–H and O–H groups in total. The first-order valence-corrected chi connectivity index (χ1v) is 10.3. The highest BCUT2D eigenvalue weighted by atomic mass is 16.5. The molecular weight excluding hydrogens is 356 g/mol. The molecule has 2 aromatic rings. The monoisotopic (exact) mass is 386 g/mol. The number of nitrogens with zero attached hydrogens (tertiary/aromatic N) is 3. The summed E-state index contributed by atoms with van der Waals surface area (Å²) >= 11 is 0. The summed E-state index contributed by atoms with van der Waals surface area (Å²) in [7, 11) is 0. The molecule has 2 aromatic heterocycles. The van der Waals surface area contributed by atoms with E-state index < -0.39 is 0 Å². The molecule has 1 aliphatic carbocycles. The van der Waals surface area contributed by atoms with Crippen LogP contribution in [0.2, 0.25) is 0 Å². The summed E-state index contributed by atoms with van der Waals surface area (Å²) in [5, 5.41) is 17.2. The average molecular weight is 386 g/mol. The van der Waals surface area contributed by atoms with Crippen LogP contribution in [0.1, 0.15) is 26.2 Å². The van der Waals surface area contributed by atoms with E-state index in [0.717, 1.165) is 64.2 Å². The fraction of sp³-hybridized carbons (Fsp3) is 0.650. The Bertz CT molecular complexity index is 869. The molecule has 1 aliphatic heterocycles. The Labute approximate surface area is 164 Å². The molecule has 4 rings (SSSR count). The smallest absolute Gasteiger partial charge is 0.154 e. The largest absolute Gasteiger partial charge is 0.379 e. The molecule has 1 saturated heterocycles. The van der Waals surface area contributed by atoms with Crippen molar-refractivity contribution >= 4 is 17.0 Å². The topological polar surface area (TPSA) is 103 Å². The second-order valence-corrected chi connectivity index (χ2v) is 7.77. The minimum absolute atomic E-state index is 0.105. The standard InChI is InChI=1S/C20H30N6O2/c1-2-14-11-15(28-10-7-25-5-8-27-9-6-25)12-16(14)19(22)26-17-3-4-23-20(17)24-13-18(26)21/h3-4,13-16,21-23H,2,5-12H2,1H3/t14-,15-,16+/m1/s1. The van der Waals surface area contributed by atoms with Crippen LogP contribution in [-0.4, -0.2) is 70.8 Å². The van der Waals surface area contributed by atoms with Gasteiger partial charge in [0.25, 0.3) is 0 Å². The molecule has 0 bridgehead atoms. The zero-order valence-electron chi connectivity index (χ0n) is 16.5. The third-order valence-electron chi connectivity index (χ3n) is 6.13. The molecule has 3 atom stereocenters. The molecule has 0 amide bonds. The fourth-order valence-electron chi connectivity index (χ4n) is 4.54. The van der Waals surface area contributed by atoms with Gasteiger partial charge in [-0.25, -0.2) is 4.98 Å². The van der Waals surface area contributed by atoms with Gasteiger partial charge in [0.15, 0.2) is 5.65 Å². The predicted molar refractivity (Wildman–Crippen MR) is 107 cm³/mol. The number of hydrogen-bond donors (Lipinski definition) is 3. The first-order valence-electron chi connectivity index (χ1n) is 10.3. The summed E-state index contributed by atoms with van der Waals surface area (Å²) in [5.41, 5.74) is 1.76. The van der Waals surface area contributed by atoms with Gasteiger partial charge in [-0.2, -0.15) is 0 Å². The quantitative estimate of drug-likeness (QED) is 0.520. The molecule has 0 spiro atoms. The number of ether oxygens (including phenoxy) is 2. The van der Waals surface area contributed by atoms with Crippen molar-refractivity contribution in [1.82, 2.24) is 19.4 Å². The summed E-state index contributed by atoms with van der Waals surface area (Å²) in [6.45, 7) is 7.45. The Morgan fingerprint density at radius 3 is 2.96 bits per heavy atom. The molecule has 28 heavy (non-hydrogen) atoms. The Kier molecular flexibility index (Phi) is 5.89. The molecule has 1 saturated carbocycles. The van der Waals surface area contributed by atoms with E-state index in [1.807, 2.05) is 12.3 Å². The maximum atomic E-state index is 8.87. The van der Waals surface area contributed by atoms with Crippen LogP contribution >= 0.6 is 0 Å². The average Bonchev–Trinajstić information content (AvgIpc) is 3.35. The van der Waals surface area contributed by atoms with Crippen LogP contribution in [0, 0.1) is 22.7 Å². The van der Waals surface area contributed by atoms with Gasteiger partial charge in [-0.05, 0) is 24.8 Å². The van der Waals surface area contributed by atoms with E-state index in [9.17, 15) is 0 Å². The van der Waals surface area contributed by atoms with Gasteiger partial charge in [0.1, 0.15) is 11.3 Å². The van der Waals surface area contributed by atoms with E-state index in [1.165, 1.54) is 6.20 Å². The normalized spacial score (nSPS) is 26.1. The maximum Gasteiger partial charge on any atom is 0.154 e. The molecular formula is C20H30N6O2. The molecule has 0 unspecified atom stereocenters. The molecule has 8 heteroatoms. The summed E-state index contributed by atoms with van der Waals surface area (Å²) in [6.07, 6.45) is 6.37. The van der Waals surface area contributed by atoms with Crippen LogP contribution in [-0.2, 0) is 9.47 Å². The van der Waals surface area contributed by atoms with Crippen molar-refractivity contribution in [3.8, 4) is 0 Å². The van der Waals surface area contributed by atoms with Gasteiger partial charge in [0, 0.05) is 31.7 Å². The van der Waals surface area contributed by atoms with E-state index in [0.29, 0.717) is 17.4 Å². The number of morpholine rings is 1. The predicted octanol–water partition coefficient (Wildman–Crippen LogP) is 1.82. The number of aromatic nitrogens is 3. The highest BCUT2D eigenvalue weighted by Crippen LogP contribution is 2.37. The second kappa shape index (κ2) is 8.55. The minimum Gasteiger partial charge on any atom is -0.379 e. The van der Waals surface area contributed by atoms with Gasteiger partial charge in [-0.3, -0.25) is 20.3 Å². The number of fused-ring (bicyclic) bond motifs is 1. The van der Waals surface area contributed by atoms with Gasteiger partial charge >= 0.3 is 0 Å². The van der Waals surface area contributed by atoms with Gasteiger partial charge in [-0.15, -0.1) is 0 Å². The van der Waals surface area contributed by atoms with Crippen LogP contribution in [0.4, 0.5) is 0 Å². The number of nitrogens with one attached hydrogen (secondary N) is 3. The zero-order valence-corrected chi connectivity index (χ0v) is 16.5. The Balaban J connectivity index is 1.42. The lowest BCUT2D eigenvalue weighted by atomic mass is 9.92. The van der Waals surface area contributed by atoms with Crippen molar-refractivity contribution < 1.29 is 9.47 Å². The number of hydrogen-bond acceptors (Lipinski definition) is 6. The van der Waals surface area contributed by atoms with Crippen molar-refractivity contribution in [2.24, 2.45) is 11.8 Å². The van der Waals surface area contributed by atoms with E-state index in [2.05, 4.69) is 21.8 Å². The van der Waals surface area contributed by atoms with Crippen molar-refractivity contribution in [3.05, 3.63) is 23.9 Å². The lowest BCUT2D eigenvalue weighted by molar-refractivity contribution is 0.00231. The van der Waals surface area contributed by atoms with E-state index in [-0.39, 0.29) is 17.5 Å². The maximum absolute atomic E-state index is 8.87. The zero-order chi connectivity index (χ0) is 19.5. The van der Waals surface area contributed by atoms with Gasteiger partial charge in [-0.1, -0.05) is 13.3 Å². The van der Waals surface area contributed by atoms with Gasteiger partial charge in [0.05, 0.1) is 37.6 Å². The van der Waals surface area contributed by atoms with Crippen LogP contribution < -0.4 is 5.49 Å². The van der Waals surface area contributed by atoms with E-state index in [1.54, 1.807) is 4.57 Å². The van der Waals surface area contributed by atoms with E-state index in [4.69, 9.17) is 20.3 Å². The Hall–Kier alpha value is -2.03. The van der Waals surface area contributed by atoms with Gasteiger partial charge < -0.3 is 14.5 Å². The highest BCUT2D eigenvalue weighted by Gasteiger charge is 2.37. The van der Waals surface area contributed by atoms with E-state index >= 15 is 0 Å². The van der Waals surface area contributed by atoms with Gasteiger partial charge in [0.2, 0.25) is 0 Å². The van der Waals surface area contributed by atoms with Crippen LogP contribution in [0.5, 0.6) is 0 Å². The van der Waals surface area contributed by atoms with Crippen molar-refractivity contribution in [3.63, 3.8) is 0 Å². The Morgan fingerprint density at radius 1 is 1.36 bits per heavy atom. The van der Waals surface area contributed by atoms with Crippen LogP contribution in [0.25, 0.3) is 11.2 Å². The van der Waals surface area contributed by atoms with Crippen molar-refractivity contribution in [2.45, 2.75) is 32.3 Å². The summed E-state index contributed by atoms with van der Waals surface area (Å²) in [5.74, 6) is 1.01. The summed E-state index contributed by atoms with van der Waals surface area (Å²) in [6, 6.07) is 1.89.